The highest BCUT2D eigenvalue weighted by atomic mass is 32.1. The first-order valence-electron chi connectivity index (χ1n) is 8.49. The zero-order valence-electron chi connectivity index (χ0n) is 14.3. The molecule has 0 fully saturated rings. The number of anilines is 2. The highest BCUT2D eigenvalue weighted by Gasteiger charge is 2.14. The van der Waals surface area contributed by atoms with E-state index in [1.807, 2.05) is 30.3 Å². The van der Waals surface area contributed by atoms with E-state index in [9.17, 15) is 9.18 Å². The van der Waals surface area contributed by atoms with Gasteiger partial charge in [0, 0.05) is 11.1 Å². The lowest BCUT2D eigenvalue weighted by Crippen LogP contribution is -2.02. The Bertz CT molecular complexity index is 1390. The zero-order chi connectivity index (χ0) is 19.1. The summed E-state index contributed by atoms with van der Waals surface area (Å²) < 4.78 is 18.9. The maximum Gasteiger partial charge on any atom is 0.346 e. The molecule has 0 aliphatic heterocycles. The molecule has 2 aromatic heterocycles. The Labute approximate surface area is 162 Å². The number of aromatic nitrogens is 2. The van der Waals surface area contributed by atoms with Crippen LogP contribution in [0.1, 0.15) is 0 Å². The lowest BCUT2D eigenvalue weighted by Gasteiger charge is -2.04. The highest BCUT2D eigenvalue weighted by Crippen LogP contribution is 2.31. The maximum atomic E-state index is 13.3. The van der Waals surface area contributed by atoms with E-state index in [0.717, 1.165) is 16.2 Å². The second kappa shape index (κ2) is 6.54. The number of hydrogen-bond donors (Lipinski definition) is 1. The smallest absolute Gasteiger partial charge is 0.346 e. The molecule has 28 heavy (non-hydrogen) atoms. The Hall–Kier alpha value is -3.58. The minimum absolute atomic E-state index is 0.341. The van der Waals surface area contributed by atoms with Gasteiger partial charge in [0.05, 0.1) is 5.56 Å². The van der Waals surface area contributed by atoms with Crippen LogP contribution in [-0.2, 0) is 0 Å². The van der Waals surface area contributed by atoms with Gasteiger partial charge in [-0.2, -0.15) is 0 Å². The number of benzene rings is 3. The van der Waals surface area contributed by atoms with Crippen LogP contribution in [-0.4, -0.2) is 10.2 Å². The molecule has 5 nitrogen and oxygen atoms in total. The third kappa shape index (κ3) is 2.91. The summed E-state index contributed by atoms with van der Waals surface area (Å²) in [5.41, 5.74) is 0.944. The number of halogens is 1. The van der Waals surface area contributed by atoms with Gasteiger partial charge >= 0.3 is 5.63 Å². The van der Waals surface area contributed by atoms with Crippen molar-refractivity contribution in [2.24, 2.45) is 0 Å². The van der Waals surface area contributed by atoms with Crippen LogP contribution in [0.5, 0.6) is 0 Å². The van der Waals surface area contributed by atoms with Crippen molar-refractivity contribution < 1.29 is 8.81 Å². The van der Waals surface area contributed by atoms with Gasteiger partial charge in [0.2, 0.25) is 5.13 Å². The first-order chi connectivity index (χ1) is 13.7. The maximum absolute atomic E-state index is 13.3. The standard InChI is InChI=1S/C21H12FN3O2S/c22-13-5-3-6-14(10-13)23-21-25-24-19(28-21)17-11-16-15-7-2-1-4-12(15)8-9-18(16)27-20(17)26/h1-11H,(H,23,25). The molecule has 0 saturated heterocycles. The second-order valence-electron chi connectivity index (χ2n) is 6.19. The SMILES string of the molecule is O=c1oc2ccc3ccccc3c2cc1-c1nnc(Nc2cccc(F)c2)s1. The van der Waals surface area contributed by atoms with E-state index in [-0.39, 0.29) is 5.82 Å². The lowest BCUT2D eigenvalue weighted by atomic mass is 10.0. The van der Waals surface area contributed by atoms with E-state index >= 15 is 0 Å². The Morgan fingerprint density at radius 1 is 0.929 bits per heavy atom. The third-order valence-corrected chi connectivity index (χ3v) is 5.25. The first-order valence-corrected chi connectivity index (χ1v) is 9.31. The lowest BCUT2D eigenvalue weighted by molar-refractivity contribution is 0.563. The van der Waals surface area contributed by atoms with Crippen molar-refractivity contribution in [2.45, 2.75) is 0 Å². The number of rotatable bonds is 3. The Balaban J connectivity index is 1.59. The summed E-state index contributed by atoms with van der Waals surface area (Å²) >= 11 is 1.20. The molecule has 1 N–H and O–H groups in total. The molecule has 0 saturated carbocycles. The van der Waals surface area contributed by atoms with Crippen LogP contribution in [0, 0.1) is 5.82 Å². The molecule has 5 aromatic rings. The first kappa shape index (κ1) is 16.6. The number of nitrogens with one attached hydrogen (secondary N) is 1. The molecule has 0 aliphatic carbocycles. The van der Waals surface area contributed by atoms with Crippen LogP contribution in [0.25, 0.3) is 32.3 Å². The van der Waals surface area contributed by atoms with E-state index in [0.29, 0.717) is 27.0 Å². The van der Waals surface area contributed by atoms with Crippen LogP contribution in [0.2, 0.25) is 0 Å². The summed E-state index contributed by atoms with van der Waals surface area (Å²) in [7, 11) is 0. The van der Waals surface area contributed by atoms with Crippen LogP contribution < -0.4 is 10.9 Å². The van der Waals surface area contributed by atoms with Crippen molar-refractivity contribution in [3.8, 4) is 10.6 Å². The molecular weight excluding hydrogens is 377 g/mol. The molecule has 0 aliphatic rings. The summed E-state index contributed by atoms with van der Waals surface area (Å²) in [6, 6.07) is 19.4. The molecule has 0 radical (unpaired) electrons. The Kier molecular flexibility index (Phi) is 3.87. The average molecular weight is 389 g/mol. The Morgan fingerprint density at radius 2 is 1.82 bits per heavy atom. The fourth-order valence-electron chi connectivity index (χ4n) is 3.09. The molecule has 5 rings (SSSR count). The van der Waals surface area contributed by atoms with Gasteiger partial charge in [-0.3, -0.25) is 0 Å². The normalized spacial score (nSPS) is 11.2. The summed E-state index contributed by atoms with van der Waals surface area (Å²) in [6.07, 6.45) is 0. The quantitative estimate of drug-likeness (QED) is 0.333. The van der Waals surface area contributed by atoms with E-state index in [4.69, 9.17) is 4.42 Å². The summed E-state index contributed by atoms with van der Waals surface area (Å²) in [5, 5.41) is 14.9. The second-order valence-corrected chi connectivity index (χ2v) is 7.17. The monoisotopic (exact) mass is 389 g/mol. The van der Waals surface area contributed by atoms with E-state index < -0.39 is 5.63 Å². The summed E-state index contributed by atoms with van der Waals surface area (Å²) in [6.45, 7) is 0. The van der Waals surface area contributed by atoms with Crippen molar-refractivity contribution >= 4 is 43.9 Å². The fraction of sp³-hybridized carbons (Fsp3) is 0. The molecule has 0 bridgehead atoms. The van der Waals surface area contributed by atoms with Crippen LogP contribution >= 0.6 is 11.3 Å². The van der Waals surface area contributed by atoms with Gasteiger partial charge in [-0.1, -0.05) is 47.7 Å². The third-order valence-electron chi connectivity index (χ3n) is 4.37. The molecule has 136 valence electrons. The van der Waals surface area contributed by atoms with Crippen molar-refractivity contribution in [1.82, 2.24) is 10.2 Å². The van der Waals surface area contributed by atoms with Gasteiger partial charge in [0.25, 0.3) is 0 Å². The molecule has 0 spiro atoms. The van der Waals surface area contributed by atoms with E-state index in [1.165, 1.54) is 23.5 Å². The Morgan fingerprint density at radius 3 is 2.71 bits per heavy atom. The van der Waals surface area contributed by atoms with E-state index in [2.05, 4.69) is 15.5 Å². The number of hydrogen-bond acceptors (Lipinski definition) is 6. The average Bonchev–Trinajstić information content (AvgIpc) is 3.15. The molecule has 0 amide bonds. The largest absolute Gasteiger partial charge is 0.422 e. The van der Waals surface area contributed by atoms with Crippen molar-refractivity contribution in [1.29, 1.82) is 0 Å². The van der Waals surface area contributed by atoms with Gasteiger partial charge in [0.1, 0.15) is 11.4 Å². The number of nitrogens with zero attached hydrogens (tertiary/aromatic N) is 2. The van der Waals surface area contributed by atoms with E-state index in [1.54, 1.807) is 24.3 Å². The molecule has 7 heteroatoms. The fourth-order valence-corrected chi connectivity index (χ4v) is 3.86. The molecular formula is C21H12FN3O2S. The minimum atomic E-state index is -0.476. The van der Waals surface area contributed by atoms with Crippen molar-refractivity contribution in [2.75, 3.05) is 5.32 Å². The predicted molar refractivity (Wildman–Crippen MR) is 109 cm³/mol. The van der Waals surface area contributed by atoms with Crippen molar-refractivity contribution in [3.05, 3.63) is 83.0 Å². The summed E-state index contributed by atoms with van der Waals surface area (Å²) in [5.74, 6) is -0.350. The van der Waals surface area contributed by atoms with Gasteiger partial charge in [-0.15, -0.1) is 10.2 Å². The van der Waals surface area contributed by atoms with Gasteiger partial charge in [-0.25, -0.2) is 9.18 Å². The van der Waals surface area contributed by atoms with Crippen LogP contribution in [0.4, 0.5) is 15.2 Å². The summed E-state index contributed by atoms with van der Waals surface area (Å²) in [4.78, 5) is 12.5. The predicted octanol–water partition coefficient (Wildman–Crippen LogP) is 5.35. The van der Waals surface area contributed by atoms with Crippen molar-refractivity contribution in [3.63, 3.8) is 0 Å². The van der Waals surface area contributed by atoms with Gasteiger partial charge in [0.15, 0.2) is 5.01 Å². The molecule has 0 atom stereocenters. The number of fused-ring (bicyclic) bond motifs is 3. The van der Waals surface area contributed by atoms with Crippen LogP contribution in [0.3, 0.4) is 0 Å². The zero-order valence-corrected chi connectivity index (χ0v) is 15.2. The molecule has 2 heterocycles. The highest BCUT2D eigenvalue weighted by molar-refractivity contribution is 7.18. The van der Waals surface area contributed by atoms with Gasteiger partial charge in [-0.05, 0) is 41.1 Å². The van der Waals surface area contributed by atoms with Crippen LogP contribution in [0.15, 0.2) is 75.9 Å². The molecule has 3 aromatic carbocycles. The molecule has 0 unspecified atom stereocenters. The van der Waals surface area contributed by atoms with Gasteiger partial charge < -0.3 is 9.73 Å². The minimum Gasteiger partial charge on any atom is -0.422 e. The topological polar surface area (TPSA) is 68.0 Å².